The number of hydrogen-bond donors (Lipinski definition) is 1. The van der Waals surface area contributed by atoms with Crippen LogP contribution in [0.5, 0.6) is 0 Å². The molecule has 3 rings (SSSR count). The lowest BCUT2D eigenvalue weighted by molar-refractivity contribution is -0.142. The Bertz CT molecular complexity index is 681. The van der Waals surface area contributed by atoms with Crippen LogP contribution in [-0.4, -0.2) is 39.2 Å². The van der Waals surface area contributed by atoms with Gasteiger partial charge in [-0.1, -0.05) is 43.3 Å². The summed E-state index contributed by atoms with van der Waals surface area (Å²) >= 11 is 0. The van der Waals surface area contributed by atoms with Gasteiger partial charge in [0.25, 0.3) is 0 Å². The van der Waals surface area contributed by atoms with E-state index in [4.69, 9.17) is 4.52 Å². The Balaban J connectivity index is 1.66. The number of carboxylic acid groups (broad SMARTS) is 1. The molecule has 6 heteroatoms. The Morgan fingerprint density at radius 2 is 2.09 bits per heavy atom. The third-order valence-electron chi connectivity index (χ3n) is 4.45. The lowest BCUT2D eigenvalue weighted by atomic mass is 9.99. The molecule has 1 aromatic heterocycles. The molecule has 2 atom stereocenters. The molecule has 1 N–H and O–H groups in total. The molecular weight excluding hydrogens is 294 g/mol. The van der Waals surface area contributed by atoms with Crippen LogP contribution in [-0.2, 0) is 17.8 Å². The summed E-state index contributed by atoms with van der Waals surface area (Å²) in [6.07, 6.45) is 0.996. The van der Waals surface area contributed by atoms with Crippen molar-refractivity contribution >= 4 is 5.97 Å². The summed E-state index contributed by atoms with van der Waals surface area (Å²) in [7, 11) is 0. The molecule has 0 unspecified atom stereocenters. The summed E-state index contributed by atoms with van der Waals surface area (Å²) < 4.78 is 5.32. The molecule has 2 heterocycles. The van der Waals surface area contributed by atoms with Crippen LogP contribution in [0.3, 0.4) is 0 Å². The van der Waals surface area contributed by atoms with Crippen molar-refractivity contribution < 1.29 is 14.4 Å². The van der Waals surface area contributed by atoms with Gasteiger partial charge >= 0.3 is 5.97 Å². The predicted molar refractivity (Wildman–Crippen MR) is 84.7 cm³/mol. The number of likely N-dealkylation sites (tertiary alicyclic amines) is 1. The molecule has 1 aromatic carbocycles. The van der Waals surface area contributed by atoms with Gasteiger partial charge < -0.3 is 9.63 Å². The number of carbonyl (C=O) groups is 1. The van der Waals surface area contributed by atoms with Gasteiger partial charge in [0.05, 0.1) is 12.5 Å². The second-order valence-corrected chi connectivity index (χ2v) is 6.18. The monoisotopic (exact) mass is 315 g/mol. The van der Waals surface area contributed by atoms with Crippen molar-refractivity contribution in [1.82, 2.24) is 15.0 Å². The maximum atomic E-state index is 11.2. The quantitative estimate of drug-likeness (QED) is 0.913. The van der Waals surface area contributed by atoms with Gasteiger partial charge in [-0.05, 0) is 17.9 Å². The van der Waals surface area contributed by atoms with E-state index in [0.717, 1.165) is 18.5 Å². The number of aliphatic carboxylic acids is 1. The van der Waals surface area contributed by atoms with Crippen molar-refractivity contribution in [3.8, 4) is 11.4 Å². The van der Waals surface area contributed by atoms with Crippen LogP contribution in [0.2, 0.25) is 0 Å². The molecule has 0 aliphatic carbocycles. The summed E-state index contributed by atoms with van der Waals surface area (Å²) in [4.78, 5) is 17.7. The third-order valence-corrected chi connectivity index (χ3v) is 4.45. The lowest BCUT2D eigenvalue weighted by Gasteiger charge is -2.11. The normalized spacial score (nSPS) is 21.7. The topological polar surface area (TPSA) is 79.5 Å². The van der Waals surface area contributed by atoms with Crippen LogP contribution < -0.4 is 0 Å². The van der Waals surface area contributed by atoms with Gasteiger partial charge in [-0.25, -0.2) is 0 Å². The van der Waals surface area contributed by atoms with E-state index in [2.05, 4.69) is 34.1 Å². The average Bonchev–Trinajstić information content (AvgIpc) is 3.14. The van der Waals surface area contributed by atoms with Crippen LogP contribution in [0.25, 0.3) is 11.4 Å². The van der Waals surface area contributed by atoms with Crippen molar-refractivity contribution in [2.75, 3.05) is 13.1 Å². The minimum atomic E-state index is -0.734. The first kappa shape index (κ1) is 15.7. The van der Waals surface area contributed by atoms with Gasteiger partial charge in [0.2, 0.25) is 11.7 Å². The van der Waals surface area contributed by atoms with Crippen molar-refractivity contribution in [2.24, 2.45) is 11.8 Å². The molecule has 0 bridgehead atoms. The summed E-state index contributed by atoms with van der Waals surface area (Å²) in [5.41, 5.74) is 2.19. The van der Waals surface area contributed by atoms with Gasteiger partial charge in [0, 0.05) is 18.7 Å². The molecule has 0 radical (unpaired) electrons. The highest BCUT2D eigenvalue weighted by Gasteiger charge is 2.35. The summed E-state index contributed by atoms with van der Waals surface area (Å²) in [6.45, 7) is 5.84. The van der Waals surface area contributed by atoms with Crippen molar-refractivity contribution in [3.05, 3.63) is 35.7 Å². The Morgan fingerprint density at radius 1 is 1.35 bits per heavy atom. The maximum absolute atomic E-state index is 11.2. The standard InChI is InChI=1S/C17H21N3O3/c1-3-12-4-6-13(7-5-12)16-18-15(23-19-16)10-20-8-11(2)14(9-20)17(21)22/h4-7,11,14H,3,8-10H2,1-2H3,(H,21,22)/t11-,14-/m1/s1. The molecule has 0 spiro atoms. The second-order valence-electron chi connectivity index (χ2n) is 6.18. The van der Waals surface area contributed by atoms with Crippen molar-refractivity contribution in [3.63, 3.8) is 0 Å². The van der Waals surface area contributed by atoms with E-state index in [-0.39, 0.29) is 11.8 Å². The van der Waals surface area contributed by atoms with Crippen LogP contribution in [0, 0.1) is 11.8 Å². The highest BCUT2D eigenvalue weighted by atomic mass is 16.5. The number of nitrogens with zero attached hydrogens (tertiary/aromatic N) is 3. The fraction of sp³-hybridized carbons (Fsp3) is 0.471. The molecule has 0 amide bonds. The summed E-state index contributed by atoms with van der Waals surface area (Å²) in [5, 5.41) is 13.2. The second kappa shape index (κ2) is 6.50. The van der Waals surface area contributed by atoms with Crippen LogP contribution in [0.15, 0.2) is 28.8 Å². The Kier molecular flexibility index (Phi) is 4.43. The largest absolute Gasteiger partial charge is 0.481 e. The van der Waals surface area contributed by atoms with E-state index in [1.165, 1.54) is 5.56 Å². The zero-order chi connectivity index (χ0) is 16.4. The lowest BCUT2D eigenvalue weighted by Crippen LogP contribution is -2.23. The molecule has 0 saturated carbocycles. The van der Waals surface area contributed by atoms with Crippen molar-refractivity contribution in [1.29, 1.82) is 0 Å². The number of carboxylic acids is 1. The van der Waals surface area contributed by atoms with E-state index in [1.807, 2.05) is 19.1 Å². The van der Waals surface area contributed by atoms with Gasteiger partial charge in [0.1, 0.15) is 0 Å². The zero-order valence-electron chi connectivity index (χ0n) is 13.4. The van der Waals surface area contributed by atoms with E-state index >= 15 is 0 Å². The highest BCUT2D eigenvalue weighted by Crippen LogP contribution is 2.25. The molecule has 122 valence electrons. The van der Waals surface area contributed by atoms with Gasteiger partial charge in [-0.3, -0.25) is 9.69 Å². The molecular formula is C17H21N3O3. The summed E-state index contributed by atoms with van der Waals surface area (Å²) in [5.74, 6) is 0.181. The molecule has 2 aromatic rings. The molecule has 23 heavy (non-hydrogen) atoms. The van der Waals surface area contributed by atoms with Crippen LogP contribution in [0.1, 0.15) is 25.3 Å². The SMILES string of the molecule is CCc1ccc(-c2noc(CN3C[C@@H](C)[C@H](C(=O)O)C3)n2)cc1. The van der Waals surface area contributed by atoms with Crippen LogP contribution >= 0.6 is 0 Å². The zero-order valence-corrected chi connectivity index (χ0v) is 13.4. The number of hydrogen-bond acceptors (Lipinski definition) is 5. The minimum Gasteiger partial charge on any atom is -0.481 e. The fourth-order valence-corrected chi connectivity index (χ4v) is 3.03. The molecule has 6 nitrogen and oxygen atoms in total. The Labute approximate surface area is 135 Å². The highest BCUT2D eigenvalue weighted by molar-refractivity contribution is 5.71. The first-order valence-electron chi connectivity index (χ1n) is 7.94. The smallest absolute Gasteiger partial charge is 0.308 e. The molecule has 1 aliphatic heterocycles. The third kappa shape index (κ3) is 3.42. The number of rotatable bonds is 5. The van der Waals surface area contributed by atoms with E-state index < -0.39 is 5.97 Å². The Hall–Kier alpha value is -2.21. The molecule has 1 fully saturated rings. The van der Waals surface area contributed by atoms with Gasteiger partial charge in [0.15, 0.2) is 0 Å². The number of aryl methyl sites for hydroxylation is 1. The molecule has 1 saturated heterocycles. The van der Waals surface area contributed by atoms with E-state index in [1.54, 1.807) is 0 Å². The van der Waals surface area contributed by atoms with E-state index in [0.29, 0.717) is 24.8 Å². The van der Waals surface area contributed by atoms with Crippen LogP contribution in [0.4, 0.5) is 0 Å². The average molecular weight is 315 g/mol. The number of aromatic nitrogens is 2. The first-order chi connectivity index (χ1) is 11.1. The minimum absolute atomic E-state index is 0.136. The molecule has 1 aliphatic rings. The summed E-state index contributed by atoms with van der Waals surface area (Å²) in [6, 6.07) is 8.10. The first-order valence-corrected chi connectivity index (χ1v) is 7.94. The Morgan fingerprint density at radius 3 is 2.70 bits per heavy atom. The van der Waals surface area contributed by atoms with Gasteiger partial charge in [-0.15, -0.1) is 0 Å². The van der Waals surface area contributed by atoms with E-state index in [9.17, 15) is 9.90 Å². The van der Waals surface area contributed by atoms with Crippen molar-refractivity contribution in [2.45, 2.75) is 26.8 Å². The number of benzene rings is 1. The predicted octanol–water partition coefficient (Wildman–Crippen LogP) is 2.45. The van der Waals surface area contributed by atoms with Gasteiger partial charge in [-0.2, -0.15) is 4.98 Å². The maximum Gasteiger partial charge on any atom is 0.308 e. The fourth-order valence-electron chi connectivity index (χ4n) is 3.03.